The van der Waals surface area contributed by atoms with Gasteiger partial charge >= 0.3 is 12.3 Å². The second-order valence-corrected chi connectivity index (χ2v) is 19.8. The molecule has 4 aromatic rings. The number of thiazole rings is 1. The van der Waals surface area contributed by atoms with Crippen LogP contribution in [0.4, 0.5) is 43.5 Å². The van der Waals surface area contributed by atoms with Gasteiger partial charge in [0, 0.05) is 43.0 Å². The third-order valence-corrected chi connectivity index (χ3v) is 13.5. The van der Waals surface area contributed by atoms with Crippen molar-refractivity contribution in [1.82, 2.24) is 19.9 Å². The molecule has 2 atom stereocenters. The molecule has 13 nitrogen and oxygen atoms in total. The number of carbonyl (C=O) groups excluding carboxylic acids is 1. The van der Waals surface area contributed by atoms with Gasteiger partial charge in [-0.05, 0) is 77.8 Å². The second-order valence-electron chi connectivity index (χ2n) is 14.9. The number of benzene rings is 2. The molecule has 2 N–H and O–H groups in total. The molecule has 0 aliphatic carbocycles. The number of sulfone groups is 1. The first kappa shape index (κ1) is 42.0. The molecule has 2 aromatic carbocycles. The summed E-state index contributed by atoms with van der Waals surface area (Å²) >= 11 is 1.13. The summed E-state index contributed by atoms with van der Waals surface area (Å²) in [6.45, 7) is 9.54. The number of aromatic nitrogens is 3. The van der Waals surface area contributed by atoms with Crippen molar-refractivity contribution in [2.45, 2.75) is 82.3 Å². The van der Waals surface area contributed by atoms with Crippen LogP contribution in [0.1, 0.15) is 53.0 Å². The molecule has 0 saturated carbocycles. The molecule has 6 rings (SSSR count). The van der Waals surface area contributed by atoms with Crippen LogP contribution in [-0.4, -0.2) is 91.1 Å². The van der Waals surface area contributed by atoms with E-state index < -0.39 is 65.5 Å². The van der Waals surface area contributed by atoms with Crippen molar-refractivity contribution in [2.75, 3.05) is 39.5 Å². The first-order chi connectivity index (χ1) is 26.5. The highest BCUT2D eigenvalue weighted by Gasteiger charge is 2.40. The molecule has 0 unspecified atom stereocenters. The number of halogens is 5. The number of anilines is 3. The number of hydrogen-bond acceptors (Lipinski definition) is 12. The fourth-order valence-electron chi connectivity index (χ4n) is 6.72. The lowest BCUT2D eigenvalue weighted by Gasteiger charge is -2.44. The van der Waals surface area contributed by atoms with Gasteiger partial charge in [-0.3, -0.25) is 4.72 Å². The first-order valence-corrected chi connectivity index (χ1v) is 21.9. The zero-order valence-corrected chi connectivity index (χ0v) is 33.8. The monoisotopic (exact) mass is 857 g/mol. The molecule has 2 aliphatic rings. The number of amides is 1. The van der Waals surface area contributed by atoms with Crippen LogP contribution in [-0.2, 0) is 30.8 Å². The van der Waals surface area contributed by atoms with Crippen LogP contribution in [0.3, 0.4) is 0 Å². The van der Waals surface area contributed by atoms with Gasteiger partial charge in [-0.25, -0.2) is 45.4 Å². The van der Waals surface area contributed by atoms with E-state index >= 15 is 4.39 Å². The van der Waals surface area contributed by atoms with Crippen LogP contribution in [0.25, 0.3) is 21.8 Å². The Hall–Kier alpha value is -4.63. The summed E-state index contributed by atoms with van der Waals surface area (Å²) in [5.41, 5.74) is -3.24. The maximum Gasteiger partial charge on any atom is 0.417 e. The van der Waals surface area contributed by atoms with Crippen molar-refractivity contribution < 1.29 is 48.3 Å². The summed E-state index contributed by atoms with van der Waals surface area (Å²) in [7, 11) is -8.48. The Morgan fingerprint density at radius 2 is 1.61 bits per heavy atom. The zero-order chi connectivity index (χ0) is 41.7. The lowest BCUT2D eigenvalue weighted by atomic mass is 10.1. The van der Waals surface area contributed by atoms with Gasteiger partial charge < -0.3 is 19.9 Å². The second kappa shape index (κ2) is 15.6. The molecular weight excluding hydrogens is 818 g/mol. The number of ether oxygens (including phenoxy) is 1. The minimum atomic E-state index is -5.34. The Bertz CT molecular complexity index is 2360. The summed E-state index contributed by atoms with van der Waals surface area (Å²) in [6, 6.07) is 5.87. The van der Waals surface area contributed by atoms with E-state index in [4.69, 9.17) is 9.72 Å². The molecule has 4 heterocycles. The quantitative estimate of drug-likeness (QED) is 0.173. The number of carbonyl (C=O) groups is 1. The highest BCUT2D eigenvalue weighted by molar-refractivity contribution is 7.92. The minimum absolute atomic E-state index is 0.00191. The number of sulfonamides is 1. The number of rotatable bonds is 8. The minimum Gasteiger partial charge on any atom is -0.444 e. The van der Waals surface area contributed by atoms with E-state index in [1.807, 2.05) is 18.7 Å². The van der Waals surface area contributed by atoms with Gasteiger partial charge in [0.05, 0.1) is 39.0 Å². The third-order valence-electron chi connectivity index (χ3n) is 9.22. The highest BCUT2D eigenvalue weighted by atomic mass is 32.2. The summed E-state index contributed by atoms with van der Waals surface area (Å²) in [6.07, 6.45) is -3.61. The van der Waals surface area contributed by atoms with Gasteiger partial charge in [-0.2, -0.15) is 13.2 Å². The smallest absolute Gasteiger partial charge is 0.417 e. The third kappa shape index (κ3) is 9.41. The number of alkyl halides is 3. The molecular formula is C36H40F5N7O6S3. The van der Waals surface area contributed by atoms with Crippen LogP contribution in [0.5, 0.6) is 0 Å². The summed E-state index contributed by atoms with van der Waals surface area (Å²) < 4.78 is 131. The number of piperazine rings is 1. The molecule has 0 spiro atoms. The van der Waals surface area contributed by atoms with Gasteiger partial charge in [0.25, 0.3) is 10.0 Å². The van der Waals surface area contributed by atoms with Crippen molar-refractivity contribution >= 4 is 54.1 Å². The Morgan fingerprint density at radius 3 is 2.25 bits per heavy atom. The topological polar surface area (TPSA) is 164 Å². The van der Waals surface area contributed by atoms with Crippen molar-refractivity contribution in [1.29, 1.82) is 0 Å². The molecule has 2 fully saturated rings. The molecule has 2 saturated heterocycles. The number of nitrogens with zero attached hydrogens (tertiary/aromatic N) is 5. The molecule has 0 radical (unpaired) electrons. The Balaban J connectivity index is 1.41. The van der Waals surface area contributed by atoms with Crippen molar-refractivity contribution in [3.05, 3.63) is 65.9 Å². The Kier molecular flexibility index (Phi) is 11.5. The largest absolute Gasteiger partial charge is 0.444 e. The average Bonchev–Trinajstić information content (AvgIpc) is 3.53. The molecule has 57 heavy (non-hydrogen) atoms. The molecule has 21 heteroatoms. The normalized spacial score (nSPS) is 19.3. The van der Waals surface area contributed by atoms with Crippen molar-refractivity contribution in [3.63, 3.8) is 0 Å². The standard InChI is InChI=1S/C36H40F5N7O6S3/c1-20-18-47(34(49)54-35(3,4)5)19-21(2)48(20)33-45-29(30(55-33)27-12-15-42-32(44-27)43-22-13-16-56(50,51)17-14-22)23-8-6-11-26(28(23)38)46-57(52,53)31-24(36(39,40)41)9-7-10-25(31)37/h6-12,15,20-22,46H,13-14,16-19H2,1-5H3,(H,42,43,44)/t20-,21-/m0/s1. The van der Waals surface area contributed by atoms with Gasteiger partial charge in [-0.15, -0.1) is 0 Å². The summed E-state index contributed by atoms with van der Waals surface area (Å²) in [5, 5.41) is 3.55. The van der Waals surface area contributed by atoms with Gasteiger partial charge in [0.2, 0.25) is 5.95 Å². The predicted molar refractivity (Wildman–Crippen MR) is 205 cm³/mol. The Labute approximate surface area is 330 Å². The van der Waals surface area contributed by atoms with E-state index in [0.29, 0.717) is 41.0 Å². The lowest BCUT2D eigenvalue weighted by molar-refractivity contribution is -0.140. The van der Waals surface area contributed by atoms with Crippen molar-refractivity contribution in [2.24, 2.45) is 0 Å². The Morgan fingerprint density at radius 1 is 0.965 bits per heavy atom. The molecule has 2 aliphatic heterocycles. The SMILES string of the molecule is C[C@H]1CN(C(=O)OC(C)(C)C)C[C@H](C)N1c1nc(-c2cccc(NS(=O)(=O)c3c(F)cccc3C(F)(F)F)c2F)c(-c2ccnc(NC3CCS(=O)(=O)CC3)n2)s1. The highest BCUT2D eigenvalue weighted by Crippen LogP contribution is 2.44. The molecule has 308 valence electrons. The van der Waals surface area contributed by atoms with E-state index in [1.54, 1.807) is 36.5 Å². The average molecular weight is 858 g/mol. The first-order valence-electron chi connectivity index (χ1n) is 17.8. The van der Waals surface area contributed by atoms with Crippen LogP contribution in [0, 0.1) is 11.6 Å². The lowest BCUT2D eigenvalue weighted by Crippen LogP contribution is -2.58. The summed E-state index contributed by atoms with van der Waals surface area (Å²) in [4.78, 5) is 28.9. The van der Waals surface area contributed by atoms with E-state index in [0.717, 1.165) is 17.4 Å². The van der Waals surface area contributed by atoms with Gasteiger partial charge in [0.15, 0.2) is 10.9 Å². The van der Waals surface area contributed by atoms with E-state index in [2.05, 4.69) is 15.3 Å². The van der Waals surface area contributed by atoms with Gasteiger partial charge in [0.1, 0.15) is 26.2 Å². The van der Waals surface area contributed by atoms with Crippen LogP contribution in [0.2, 0.25) is 0 Å². The van der Waals surface area contributed by atoms with Gasteiger partial charge in [-0.1, -0.05) is 23.5 Å². The van der Waals surface area contributed by atoms with Crippen molar-refractivity contribution in [3.8, 4) is 21.8 Å². The van der Waals surface area contributed by atoms with E-state index in [9.17, 15) is 39.2 Å². The fraction of sp³-hybridized carbons (Fsp3) is 0.444. The molecule has 2 aromatic heterocycles. The van der Waals surface area contributed by atoms with E-state index in [1.165, 1.54) is 18.3 Å². The maximum absolute atomic E-state index is 16.6. The van der Waals surface area contributed by atoms with Crippen LogP contribution < -0.4 is 14.9 Å². The van der Waals surface area contributed by atoms with Crippen LogP contribution >= 0.6 is 11.3 Å². The summed E-state index contributed by atoms with van der Waals surface area (Å²) in [5.74, 6) is -2.73. The number of nitrogens with one attached hydrogen (secondary N) is 2. The van der Waals surface area contributed by atoms with E-state index in [-0.39, 0.29) is 65.6 Å². The molecule has 1 amide bonds. The molecule has 0 bridgehead atoms. The number of hydrogen-bond donors (Lipinski definition) is 2. The fourth-order valence-corrected chi connectivity index (χ4v) is 10.8. The zero-order valence-electron chi connectivity index (χ0n) is 31.4. The van der Waals surface area contributed by atoms with Crippen LogP contribution in [0.15, 0.2) is 53.6 Å². The predicted octanol–water partition coefficient (Wildman–Crippen LogP) is 7.19. The maximum atomic E-state index is 16.6.